The third kappa shape index (κ3) is 4.83. The molecule has 0 radical (unpaired) electrons. The Morgan fingerprint density at radius 3 is 2.44 bits per heavy atom. The Kier molecular flexibility index (Phi) is 5.67. The topological polar surface area (TPSA) is 58.6 Å². The molecule has 0 spiro atoms. The maximum atomic E-state index is 12.4. The van der Waals surface area contributed by atoms with Gasteiger partial charge in [0.2, 0.25) is 5.91 Å². The molecule has 1 aliphatic rings. The molecule has 2 amide bonds. The first-order valence-corrected chi connectivity index (χ1v) is 8.55. The zero-order valence-corrected chi connectivity index (χ0v) is 14.1. The number of likely N-dealkylation sites (tertiary alicyclic amines) is 1. The van der Waals surface area contributed by atoms with E-state index in [1.165, 1.54) is 0 Å². The average molecular weight is 338 g/mol. The molecule has 1 aliphatic heterocycles. The fraction of sp³-hybridized carbons (Fsp3) is 0.300. The summed E-state index contributed by atoms with van der Waals surface area (Å²) in [4.78, 5) is 26.2. The lowest BCUT2D eigenvalue weighted by Gasteiger charge is -2.33. The van der Waals surface area contributed by atoms with Crippen LogP contribution in [-0.4, -0.2) is 42.5 Å². The van der Waals surface area contributed by atoms with Crippen LogP contribution in [0.3, 0.4) is 0 Å². The van der Waals surface area contributed by atoms with Gasteiger partial charge in [0, 0.05) is 12.1 Å². The van der Waals surface area contributed by atoms with E-state index in [0.717, 1.165) is 18.6 Å². The summed E-state index contributed by atoms with van der Waals surface area (Å²) in [5.41, 5.74) is 0.555. The minimum Gasteiger partial charge on any atom is -0.489 e. The highest BCUT2D eigenvalue weighted by Gasteiger charge is 2.25. The lowest BCUT2D eigenvalue weighted by Crippen LogP contribution is -2.48. The number of hydrogen-bond acceptors (Lipinski definition) is 3. The normalized spacial score (nSPS) is 17.0. The number of hydrogen-bond donors (Lipinski definition) is 1. The SMILES string of the molecule is O=C(NCC(=O)N1CCCC(Oc2ccccc2)C1)c1ccccc1. The lowest BCUT2D eigenvalue weighted by atomic mass is 10.1. The molecule has 1 saturated heterocycles. The van der Waals surface area contributed by atoms with Gasteiger partial charge < -0.3 is 15.0 Å². The van der Waals surface area contributed by atoms with Gasteiger partial charge in [-0.15, -0.1) is 0 Å². The maximum Gasteiger partial charge on any atom is 0.251 e. The van der Waals surface area contributed by atoms with E-state index in [4.69, 9.17) is 4.74 Å². The molecule has 2 aromatic carbocycles. The van der Waals surface area contributed by atoms with Crippen molar-refractivity contribution in [3.8, 4) is 5.75 Å². The molecule has 130 valence electrons. The number of ether oxygens (including phenoxy) is 1. The summed E-state index contributed by atoms with van der Waals surface area (Å²) in [6.07, 6.45) is 1.81. The first-order valence-electron chi connectivity index (χ1n) is 8.55. The summed E-state index contributed by atoms with van der Waals surface area (Å²) in [6.45, 7) is 1.26. The minimum absolute atomic E-state index is 0.00574. The van der Waals surface area contributed by atoms with Crippen molar-refractivity contribution in [3.05, 3.63) is 66.2 Å². The smallest absolute Gasteiger partial charge is 0.251 e. The van der Waals surface area contributed by atoms with Crippen LogP contribution in [0.25, 0.3) is 0 Å². The van der Waals surface area contributed by atoms with Crippen molar-refractivity contribution in [2.75, 3.05) is 19.6 Å². The van der Waals surface area contributed by atoms with E-state index in [9.17, 15) is 9.59 Å². The maximum absolute atomic E-state index is 12.4. The number of carbonyl (C=O) groups excluding carboxylic acids is 2. The van der Waals surface area contributed by atoms with Crippen molar-refractivity contribution in [1.82, 2.24) is 10.2 Å². The Labute approximate surface area is 147 Å². The number of para-hydroxylation sites is 1. The van der Waals surface area contributed by atoms with Gasteiger partial charge in [-0.2, -0.15) is 0 Å². The van der Waals surface area contributed by atoms with Crippen LogP contribution >= 0.6 is 0 Å². The van der Waals surface area contributed by atoms with E-state index in [1.807, 2.05) is 36.4 Å². The summed E-state index contributed by atoms with van der Waals surface area (Å²) in [7, 11) is 0. The van der Waals surface area contributed by atoms with Gasteiger partial charge in [-0.3, -0.25) is 9.59 Å². The van der Waals surface area contributed by atoms with Crippen molar-refractivity contribution in [2.24, 2.45) is 0 Å². The third-order valence-electron chi connectivity index (χ3n) is 4.21. The van der Waals surface area contributed by atoms with Crippen LogP contribution in [0.2, 0.25) is 0 Å². The monoisotopic (exact) mass is 338 g/mol. The molecule has 2 aromatic rings. The van der Waals surface area contributed by atoms with Crippen molar-refractivity contribution < 1.29 is 14.3 Å². The summed E-state index contributed by atoms with van der Waals surface area (Å²) in [6, 6.07) is 18.5. The van der Waals surface area contributed by atoms with Crippen molar-refractivity contribution in [2.45, 2.75) is 18.9 Å². The van der Waals surface area contributed by atoms with Crippen LogP contribution in [-0.2, 0) is 4.79 Å². The number of carbonyl (C=O) groups is 2. The highest BCUT2D eigenvalue weighted by atomic mass is 16.5. The molecule has 1 fully saturated rings. The van der Waals surface area contributed by atoms with Crippen molar-refractivity contribution in [1.29, 1.82) is 0 Å². The molecule has 1 atom stereocenters. The Bertz CT molecular complexity index is 703. The molecule has 1 unspecified atom stereocenters. The highest BCUT2D eigenvalue weighted by Crippen LogP contribution is 2.18. The van der Waals surface area contributed by atoms with E-state index in [1.54, 1.807) is 29.2 Å². The van der Waals surface area contributed by atoms with E-state index >= 15 is 0 Å². The number of benzene rings is 2. The second-order valence-electron chi connectivity index (χ2n) is 6.08. The minimum atomic E-state index is -0.233. The Hall–Kier alpha value is -2.82. The molecule has 3 rings (SSSR count). The molecule has 5 nitrogen and oxygen atoms in total. The van der Waals surface area contributed by atoms with Crippen molar-refractivity contribution in [3.63, 3.8) is 0 Å². The first kappa shape index (κ1) is 17.0. The fourth-order valence-corrected chi connectivity index (χ4v) is 2.91. The molecule has 25 heavy (non-hydrogen) atoms. The highest BCUT2D eigenvalue weighted by molar-refractivity contribution is 5.96. The summed E-state index contributed by atoms with van der Waals surface area (Å²) >= 11 is 0. The molecule has 0 aliphatic carbocycles. The standard InChI is InChI=1S/C20H22N2O3/c23-19(14-21-20(24)16-8-3-1-4-9-16)22-13-7-12-18(15-22)25-17-10-5-2-6-11-17/h1-6,8-11,18H,7,12-15H2,(H,21,24). The summed E-state index contributed by atoms with van der Waals surface area (Å²) in [5, 5.41) is 2.69. The first-order chi connectivity index (χ1) is 12.2. The molecular weight excluding hydrogens is 316 g/mol. The van der Waals surface area contributed by atoms with Gasteiger partial charge in [-0.25, -0.2) is 0 Å². The lowest BCUT2D eigenvalue weighted by molar-refractivity contribution is -0.132. The number of piperidine rings is 1. The molecule has 5 heteroatoms. The third-order valence-corrected chi connectivity index (χ3v) is 4.21. The van der Waals surface area contributed by atoms with Crippen LogP contribution in [0.1, 0.15) is 23.2 Å². The Balaban J connectivity index is 1.49. The van der Waals surface area contributed by atoms with E-state index < -0.39 is 0 Å². The molecule has 0 bridgehead atoms. The quantitative estimate of drug-likeness (QED) is 0.911. The fourth-order valence-electron chi connectivity index (χ4n) is 2.91. The zero-order chi connectivity index (χ0) is 17.5. The predicted octanol–water partition coefficient (Wildman–Crippen LogP) is 2.49. The van der Waals surface area contributed by atoms with Crippen LogP contribution < -0.4 is 10.1 Å². The second-order valence-corrected chi connectivity index (χ2v) is 6.08. The second kappa shape index (κ2) is 8.33. The van der Waals surface area contributed by atoms with E-state index in [0.29, 0.717) is 18.7 Å². The molecule has 0 aromatic heterocycles. The Morgan fingerprint density at radius 2 is 1.72 bits per heavy atom. The number of rotatable bonds is 5. The summed E-state index contributed by atoms with van der Waals surface area (Å²) < 4.78 is 5.95. The van der Waals surface area contributed by atoms with Gasteiger partial charge in [0.05, 0.1) is 13.1 Å². The van der Waals surface area contributed by atoms with Crippen LogP contribution in [0.4, 0.5) is 0 Å². The van der Waals surface area contributed by atoms with Gasteiger partial charge in [0.25, 0.3) is 5.91 Å². The molecule has 1 N–H and O–H groups in total. The average Bonchev–Trinajstić information content (AvgIpc) is 2.67. The van der Waals surface area contributed by atoms with E-state index in [2.05, 4.69) is 5.32 Å². The number of amides is 2. The zero-order valence-electron chi connectivity index (χ0n) is 14.1. The van der Waals surface area contributed by atoms with Gasteiger partial charge in [-0.1, -0.05) is 36.4 Å². The molecule has 0 saturated carbocycles. The summed E-state index contributed by atoms with van der Waals surface area (Å²) in [5.74, 6) is 0.507. The molecule has 1 heterocycles. The van der Waals surface area contributed by atoms with E-state index in [-0.39, 0.29) is 24.5 Å². The van der Waals surface area contributed by atoms with Crippen LogP contribution in [0.5, 0.6) is 5.75 Å². The number of nitrogens with zero attached hydrogens (tertiary/aromatic N) is 1. The molecular formula is C20H22N2O3. The number of nitrogens with one attached hydrogen (secondary N) is 1. The van der Waals surface area contributed by atoms with Crippen LogP contribution in [0.15, 0.2) is 60.7 Å². The van der Waals surface area contributed by atoms with Crippen LogP contribution in [0, 0.1) is 0 Å². The van der Waals surface area contributed by atoms with Gasteiger partial charge in [-0.05, 0) is 37.1 Å². The predicted molar refractivity (Wildman–Crippen MR) is 95.4 cm³/mol. The van der Waals surface area contributed by atoms with Gasteiger partial charge in [0.15, 0.2) is 0 Å². The van der Waals surface area contributed by atoms with Crippen molar-refractivity contribution >= 4 is 11.8 Å². The van der Waals surface area contributed by atoms with Gasteiger partial charge >= 0.3 is 0 Å². The largest absolute Gasteiger partial charge is 0.489 e. The Morgan fingerprint density at radius 1 is 1.04 bits per heavy atom. The van der Waals surface area contributed by atoms with Gasteiger partial charge in [0.1, 0.15) is 11.9 Å².